The maximum Gasteiger partial charge on any atom is 0.261 e. The van der Waals surface area contributed by atoms with E-state index in [1.165, 1.54) is 12.1 Å². The maximum absolute atomic E-state index is 13.1. The molecule has 0 saturated heterocycles. The summed E-state index contributed by atoms with van der Waals surface area (Å²) in [5.74, 6) is -0.652. The van der Waals surface area contributed by atoms with Gasteiger partial charge in [-0.25, -0.2) is 4.39 Å². The third kappa shape index (κ3) is 3.65. The third-order valence-electron chi connectivity index (χ3n) is 4.09. The van der Waals surface area contributed by atoms with Gasteiger partial charge in [-0.15, -0.1) is 0 Å². The highest BCUT2D eigenvalue weighted by Gasteiger charge is 2.12. The number of para-hydroxylation sites is 1. The Labute approximate surface area is 151 Å². The van der Waals surface area contributed by atoms with E-state index in [1.54, 1.807) is 18.2 Å². The molecule has 0 atom stereocenters. The first kappa shape index (κ1) is 17.4. The standard InChI is InChI=1S/C21H18FN3O/c1-2-24-21(26)16(12-23)11-17-14-25(20-6-4-3-5-19(17)20)13-15-7-9-18(22)10-8-15/h3-11,14H,2,13H2,1H3,(H,24,26)/b16-11+. The largest absolute Gasteiger partial charge is 0.352 e. The van der Waals surface area contributed by atoms with Gasteiger partial charge < -0.3 is 9.88 Å². The van der Waals surface area contributed by atoms with E-state index in [2.05, 4.69) is 5.32 Å². The highest BCUT2D eigenvalue weighted by atomic mass is 19.1. The number of nitriles is 1. The first-order chi connectivity index (χ1) is 12.6. The van der Waals surface area contributed by atoms with Crippen molar-refractivity contribution in [2.75, 3.05) is 6.54 Å². The molecule has 0 unspecified atom stereocenters. The van der Waals surface area contributed by atoms with Crippen LogP contribution < -0.4 is 5.32 Å². The van der Waals surface area contributed by atoms with Crippen LogP contribution >= 0.6 is 0 Å². The number of hydrogen-bond donors (Lipinski definition) is 1. The van der Waals surface area contributed by atoms with Crippen molar-refractivity contribution in [1.29, 1.82) is 5.26 Å². The van der Waals surface area contributed by atoms with Crippen LogP contribution in [0, 0.1) is 17.1 Å². The average molecular weight is 347 g/mol. The highest BCUT2D eigenvalue weighted by Crippen LogP contribution is 2.24. The van der Waals surface area contributed by atoms with E-state index < -0.39 is 0 Å². The minimum absolute atomic E-state index is 0.0662. The smallest absolute Gasteiger partial charge is 0.261 e. The summed E-state index contributed by atoms with van der Waals surface area (Å²) < 4.78 is 15.1. The topological polar surface area (TPSA) is 57.8 Å². The SMILES string of the molecule is CCNC(=O)/C(C#N)=C/c1cn(Cc2ccc(F)cc2)c2ccccc12. The molecule has 3 aromatic rings. The summed E-state index contributed by atoms with van der Waals surface area (Å²) in [6.07, 6.45) is 3.51. The number of carbonyl (C=O) groups is 1. The van der Waals surface area contributed by atoms with Gasteiger partial charge in [0.2, 0.25) is 0 Å². The molecule has 1 aromatic heterocycles. The summed E-state index contributed by atoms with van der Waals surface area (Å²) in [5, 5.41) is 12.9. The van der Waals surface area contributed by atoms with Crippen LogP contribution in [0.25, 0.3) is 17.0 Å². The molecule has 0 aliphatic carbocycles. The molecule has 0 radical (unpaired) electrons. The second-order valence-electron chi connectivity index (χ2n) is 5.89. The summed E-state index contributed by atoms with van der Waals surface area (Å²) in [6, 6.07) is 16.1. The molecule has 3 rings (SSSR count). The molecular weight excluding hydrogens is 329 g/mol. The summed E-state index contributed by atoms with van der Waals surface area (Å²) in [7, 11) is 0. The Kier molecular flexibility index (Phi) is 5.14. The normalized spacial score (nSPS) is 11.3. The van der Waals surface area contributed by atoms with Gasteiger partial charge in [0.25, 0.3) is 5.91 Å². The van der Waals surface area contributed by atoms with Crippen LogP contribution in [-0.4, -0.2) is 17.0 Å². The maximum atomic E-state index is 13.1. The van der Waals surface area contributed by atoms with E-state index in [0.29, 0.717) is 13.1 Å². The van der Waals surface area contributed by atoms with Crippen LogP contribution in [0.3, 0.4) is 0 Å². The lowest BCUT2D eigenvalue weighted by molar-refractivity contribution is -0.116. The van der Waals surface area contributed by atoms with Crippen LogP contribution in [0.1, 0.15) is 18.1 Å². The minimum atomic E-state index is -0.384. The van der Waals surface area contributed by atoms with Crippen molar-refractivity contribution < 1.29 is 9.18 Å². The van der Waals surface area contributed by atoms with Gasteiger partial charge in [0, 0.05) is 35.8 Å². The molecule has 5 heteroatoms. The first-order valence-electron chi connectivity index (χ1n) is 8.34. The number of halogens is 1. The number of hydrogen-bond acceptors (Lipinski definition) is 2. The van der Waals surface area contributed by atoms with Crippen LogP contribution in [0.15, 0.2) is 60.3 Å². The fourth-order valence-electron chi connectivity index (χ4n) is 2.87. The Hall–Kier alpha value is -3.39. The number of rotatable bonds is 5. The third-order valence-corrected chi connectivity index (χ3v) is 4.09. The summed E-state index contributed by atoms with van der Waals surface area (Å²) in [6.45, 7) is 2.84. The molecule has 2 aromatic carbocycles. The Balaban J connectivity index is 2.03. The number of carbonyl (C=O) groups excluding carboxylic acids is 1. The quantitative estimate of drug-likeness (QED) is 0.563. The number of amides is 1. The molecule has 1 N–H and O–H groups in total. The molecule has 0 fully saturated rings. The van der Waals surface area contributed by atoms with Crippen molar-refractivity contribution in [2.45, 2.75) is 13.5 Å². The van der Waals surface area contributed by atoms with Crippen LogP contribution in [-0.2, 0) is 11.3 Å². The molecule has 26 heavy (non-hydrogen) atoms. The number of nitrogens with zero attached hydrogens (tertiary/aromatic N) is 2. The minimum Gasteiger partial charge on any atom is -0.352 e. The predicted molar refractivity (Wildman–Crippen MR) is 99.7 cm³/mol. The van der Waals surface area contributed by atoms with E-state index in [0.717, 1.165) is 22.0 Å². The number of nitrogens with one attached hydrogen (secondary N) is 1. The monoisotopic (exact) mass is 347 g/mol. The molecular formula is C21H18FN3O. The van der Waals surface area contributed by atoms with Gasteiger partial charge in [0.1, 0.15) is 17.5 Å². The molecule has 4 nitrogen and oxygen atoms in total. The van der Waals surface area contributed by atoms with Gasteiger partial charge in [-0.1, -0.05) is 30.3 Å². The Bertz CT molecular complexity index is 1010. The molecule has 1 amide bonds. The van der Waals surface area contributed by atoms with Crippen LogP contribution in [0.5, 0.6) is 0 Å². The molecule has 1 heterocycles. The van der Waals surface area contributed by atoms with E-state index in [4.69, 9.17) is 0 Å². The van der Waals surface area contributed by atoms with Crippen LogP contribution in [0.2, 0.25) is 0 Å². The second-order valence-corrected chi connectivity index (χ2v) is 5.89. The predicted octanol–water partition coefficient (Wildman–Crippen LogP) is 3.87. The van der Waals surface area contributed by atoms with Crippen molar-refractivity contribution in [3.8, 4) is 6.07 Å². The highest BCUT2D eigenvalue weighted by molar-refractivity contribution is 6.04. The summed E-state index contributed by atoms with van der Waals surface area (Å²) in [5.41, 5.74) is 2.81. The zero-order valence-electron chi connectivity index (χ0n) is 14.4. The zero-order chi connectivity index (χ0) is 18.5. The number of likely N-dealkylation sites (N-methyl/N-ethyl adjacent to an activating group) is 1. The fraction of sp³-hybridized carbons (Fsp3) is 0.143. The molecule has 0 aliphatic rings. The van der Waals surface area contributed by atoms with Gasteiger partial charge in [0.15, 0.2) is 0 Å². The number of fused-ring (bicyclic) bond motifs is 1. The molecule has 0 saturated carbocycles. The van der Waals surface area contributed by atoms with E-state index >= 15 is 0 Å². The molecule has 0 bridgehead atoms. The molecule has 0 aliphatic heterocycles. The van der Waals surface area contributed by atoms with E-state index in [-0.39, 0.29) is 17.3 Å². The second kappa shape index (κ2) is 7.66. The van der Waals surface area contributed by atoms with E-state index in [1.807, 2.05) is 48.0 Å². The molecule has 130 valence electrons. The van der Waals surface area contributed by atoms with Crippen molar-refractivity contribution in [3.05, 3.63) is 77.2 Å². The Morgan fingerprint density at radius 1 is 1.23 bits per heavy atom. The van der Waals surface area contributed by atoms with Crippen molar-refractivity contribution in [2.24, 2.45) is 0 Å². The first-order valence-corrected chi connectivity index (χ1v) is 8.34. The van der Waals surface area contributed by atoms with E-state index in [9.17, 15) is 14.4 Å². The molecule has 0 spiro atoms. The van der Waals surface area contributed by atoms with Gasteiger partial charge in [-0.2, -0.15) is 5.26 Å². The number of benzene rings is 2. The van der Waals surface area contributed by atoms with Crippen molar-refractivity contribution >= 4 is 22.9 Å². The van der Waals surface area contributed by atoms with Crippen LogP contribution in [0.4, 0.5) is 4.39 Å². The van der Waals surface area contributed by atoms with Crippen molar-refractivity contribution in [1.82, 2.24) is 9.88 Å². The Morgan fingerprint density at radius 2 is 1.96 bits per heavy atom. The van der Waals surface area contributed by atoms with Gasteiger partial charge in [-0.3, -0.25) is 4.79 Å². The van der Waals surface area contributed by atoms with Gasteiger partial charge in [-0.05, 0) is 36.8 Å². The lowest BCUT2D eigenvalue weighted by Gasteiger charge is -2.05. The van der Waals surface area contributed by atoms with Gasteiger partial charge >= 0.3 is 0 Å². The summed E-state index contributed by atoms with van der Waals surface area (Å²) >= 11 is 0. The number of aromatic nitrogens is 1. The lowest BCUT2D eigenvalue weighted by Crippen LogP contribution is -2.23. The zero-order valence-corrected chi connectivity index (χ0v) is 14.4. The summed E-state index contributed by atoms with van der Waals surface area (Å²) in [4.78, 5) is 12.0. The van der Waals surface area contributed by atoms with Crippen molar-refractivity contribution in [3.63, 3.8) is 0 Å². The lowest BCUT2D eigenvalue weighted by atomic mass is 10.1. The average Bonchev–Trinajstić information content (AvgIpc) is 2.99. The Morgan fingerprint density at radius 3 is 2.65 bits per heavy atom. The van der Waals surface area contributed by atoms with Gasteiger partial charge in [0.05, 0.1) is 0 Å². The fourth-order valence-corrected chi connectivity index (χ4v) is 2.87.